The Bertz CT molecular complexity index is 848. The molecule has 0 spiro atoms. The Morgan fingerprint density at radius 2 is 1.89 bits per heavy atom. The van der Waals surface area contributed by atoms with Crippen molar-refractivity contribution in [2.75, 3.05) is 23.3 Å². The van der Waals surface area contributed by atoms with E-state index in [-0.39, 0.29) is 17.7 Å². The molecule has 1 aromatic carbocycles. The van der Waals surface area contributed by atoms with Crippen molar-refractivity contribution >= 4 is 40.4 Å². The van der Waals surface area contributed by atoms with Crippen molar-refractivity contribution in [1.82, 2.24) is 4.90 Å². The molecule has 7 heteroatoms. The van der Waals surface area contributed by atoms with Gasteiger partial charge in [-0.3, -0.25) is 14.4 Å². The van der Waals surface area contributed by atoms with Crippen molar-refractivity contribution in [1.29, 1.82) is 0 Å². The fraction of sp³-hybridized carbons (Fsp3) is 0.350. The number of rotatable bonds is 4. The van der Waals surface area contributed by atoms with E-state index in [0.29, 0.717) is 30.0 Å². The molecular formula is C20H21N3O3S. The molecule has 0 radical (unpaired) electrons. The molecule has 3 heterocycles. The maximum Gasteiger partial charge on any atom is 0.264 e. The average Bonchev–Trinajstić information content (AvgIpc) is 3.43. The molecule has 2 aliphatic rings. The Hall–Kier alpha value is -2.67. The van der Waals surface area contributed by atoms with E-state index in [4.69, 9.17) is 0 Å². The molecule has 4 rings (SSSR count). The number of nitrogens with zero attached hydrogens (tertiary/aromatic N) is 2. The number of benzene rings is 1. The molecule has 6 nitrogen and oxygen atoms in total. The van der Waals surface area contributed by atoms with Gasteiger partial charge in [0.1, 0.15) is 6.04 Å². The van der Waals surface area contributed by atoms with Crippen LogP contribution in [0.2, 0.25) is 0 Å². The third-order valence-electron chi connectivity index (χ3n) is 5.07. The molecule has 2 aromatic rings. The van der Waals surface area contributed by atoms with Crippen LogP contribution in [-0.4, -0.2) is 41.8 Å². The fourth-order valence-corrected chi connectivity index (χ4v) is 4.37. The van der Waals surface area contributed by atoms with Crippen LogP contribution in [0.3, 0.4) is 0 Å². The van der Waals surface area contributed by atoms with E-state index in [2.05, 4.69) is 5.32 Å². The number of nitrogens with one attached hydrogen (secondary N) is 1. The Morgan fingerprint density at radius 3 is 2.56 bits per heavy atom. The number of thiophene rings is 1. The number of amides is 3. The second-order valence-electron chi connectivity index (χ2n) is 6.82. The van der Waals surface area contributed by atoms with Gasteiger partial charge in [0.15, 0.2) is 0 Å². The van der Waals surface area contributed by atoms with Crippen LogP contribution in [0.1, 0.15) is 35.4 Å². The Balaban J connectivity index is 1.42. The number of carbonyl (C=O) groups excluding carboxylic acids is 3. The first-order valence-corrected chi connectivity index (χ1v) is 10.1. The molecule has 1 aromatic heterocycles. The third-order valence-corrected chi connectivity index (χ3v) is 5.93. The maximum absolute atomic E-state index is 12.7. The van der Waals surface area contributed by atoms with Crippen LogP contribution in [-0.2, 0) is 9.59 Å². The minimum Gasteiger partial charge on any atom is -0.326 e. The molecule has 2 saturated heterocycles. The van der Waals surface area contributed by atoms with Crippen molar-refractivity contribution in [2.45, 2.75) is 31.7 Å². The number of anilines is 2. The summed E-state index contributed by atoms with van der Waals surface area (Å²) in [5.74, 6) is -0.103. The second-order valence-corrected chi connectivity index (χ2v) is 7.77. The molecule has 2 aliphatic heterocycles. The Kier molecular flexibility index (Phi) is 4.94. The van der Waals surface area contributed by atoms with Crippen LogP contribution in [0, 0.1) is 0 Å². The normalized spacial score (nSPS) is 19.6. The van der Waals surface area contributed by atoms with Crippen molar-refractivity contribution in [2.24, 2.45) is 0 Å². The highest BCUT2D eigenvalue weighted by Gasteiger charge is 2.35. The lowest BCUT2D eigenvalue weighted by molar-refractivity contribution is -0.119. The second kappa shape index (κ2) is 7.52. The Morgan fingerprint density at radius 1 is 1.07 bits per heavy atom. The van der Waals surface area contributed by atoms with Gasteiger partial charge in [0.05, 0.1) is 4.88 Å². The molecule has 0 aliphatic carbocycles. The van der Waals surface area contributed by atoms with Crippen molar-refractivity contribution in [3.63, 3.8) is 0 Å². The summed E-state index contributed by atoms with van der Waals surface area (Å²) in [6.07, 6.45) is 2.97. The minimum absolute atomic E-state index is 0.0782. The van der Waals surface area contributed by atoms with Crippen LogP contribution >= 0.6 is 11.3 Å². The molecule has 2 fully saturated rings. The van der Waals surface area contributed by atoms with Gasteiger partial charge in [-0.1, -0.05) is 6.07 Å². The van der Waals surface area contributed by atoms with Crippen molar-refractivity contribution in [3.8, 4) is 0 Å². The van der Waals surface area contributed by atoms with Crippen LogP contribution < -0.4 is 10.2 Å². The first-order valence-electron chi connectivity index (χ1n) is 9.19. The number of hydrogen-bond acceptors (Lipinski definition) is 4. The summed E-state index contributed by atoms with van der Waals surface area (Å²) in [4.78, 5) is 41.3. The van der Waals surface area contributed by atoms with Gasteiger partial charge in [0.25, 0.3) is 5.91 Å². The van der Waals surface area contributed by atoms with E-state index in [1.807, 2.05) is 23.6 Å². The first kappa shape index (κ1) is 17.7. The number of carbonyl (C=O) groups is 3. The molecule has 3 amide bonds. The summed E-state index contributed by atoms with van der Waals surface area (Å²) in [6.45, 7) is 1.34. The summed E-state index contributed by atoms with van der Waals surface area (Å²) in [6, 6.07) is 10.5. The van der Waals surface area contributed by atoms with Gasteiger partial charge in [-0.15, -0.1) is 11.3 Å². The smallest absolute Gasteiger partial charge is 0.264 e. The van der Waals surface area contributed by atoms with Crippen LogP contribution in [0.4, 0.5) is 11.4 Å². The van der Waals surface area contributed by atoms with Gasteiger partial charge in [-0.25, -0.2) is 0 Å². The molecular weight excluding hydrogens is 362 g/mol. The van der Waals surface area contributed by atoms with E-state index in [1.165, 1.54) is 11.3 Å². The molecule has 0 saturated carbocycles. The zero-order chi connectivity index (χ0) is 18.8. The summed E-state index contributed by atoms with van der Waals surface area (Å²) in [7, 11) is 0. The lowest BCUT2D eigenvalue weighted by atomic mass is 10.2. The first-order chi connectivity index (χ1) is 13.1. The van der Waals surface area contributed by atoms with Crippen molar-refractivity contribution < 1.29 is 14.4 Å². The third kappa shape index (κ3) is 3.60. The van der Waals surface area contributed by atoms with E-state index < -0.39 is 6.04 Å². The molecule has 0 bridgehead atoms. The molecule has 140 valence electrons. The fourth-order valence-electron chi connectivity index (χ4n) is 3.70. The van der Waals surface area contributed by atoms with Gasteiger partial charge >= 0.3 is 0 Å². The maximum atomic E-state index is 12.7. The molecule has 1 N–H and O–H groups in total. The van der Waals surface area contributed by atoms with Crippen molar-refractivity contribution in [3.05, 3.63) is 46.7 Å². The molecule has 0 unspecified atom stereocenters. The zero-order valence-corrected chi connectivity index (χ0v) is 15.7. The number of likely N-dealkylation sites (tertiary alicyclic amines) is 1. The summed E-state index contributed by atoms with van der Waals surface area (Å²) in [5.41, 5.74) is 1.52. The van der Waals surface area contributed by atoms with Gasteiger partial charge in [-0.05, 0) is 55.0 Å². The molecule has 27 heavy (non-hydrogen) atoms. The van der Waals surface area contributed by atoms with Gasteiger partial charge in [-0.2, -0.15) is 0 Å². The Labute approximate surface area is 161 Å². The summed E-state index contributed by atoms with van der Waals surface area (Å²) >= 11 is 1.39. The quantitative estimate of drug-likeness (QED) is 0.882. The topological polar surface area (TPSA) is 69.7 Å². The van der Waals surface area contributed by atoms with E-state index in [9.17, 15) is 14.4 Å². The predicted octanol–water partition coefficient (Wildman–Crippen LogP) is 3.12. The zero-order valence-electron chi connectivity index (χ0n) is 14.9. The van der Waals surface area contributed by atoms with E-state index in [0.717, 1.165) is 25.1 Å². The largest absolute Gasteiger partial charge is 0.326 e. The SMILES string of the molecule is O=C(Nc1ccc(N2CCCC2=O)cc1)[C@@H]1CCCN1C(=O)c1cccs1. The average molecular weight is 383 g/mol. The van der Waals surface area contributed by atoms with E-state index in [1.54, 1.807) is 28.0 Å². The predicted molar refractivity (Wildman–Crippen MR) is 105 cm³/mol. The van der Waals surface area contributed by atoms with Crippen LogP contribution in [0.15, 0.2) is 41.8 Å². The lowest BCUT2D eigenvalue weighted by Crippen LogP contribution is -2.42. The highest BCUT2D eigenvalue weighted by molar-refractivity contribution is 7.12. The standard InChI is InChI=1S/C20H21N3O3S/c24-18-6-2-11-22(18)15-9-7-14(8-10-15)21-19(25)16-4-1-12-23(16)20(26)17-5-3-13-27-17/h3,5,7-10,13,16H,1-2,4,6,11-12H2,(H,21,25)/t16-/m0/s1. The summed E-state index contributed by atoms with van der Waals surface area (Å²) in [5, 5.41) is 4.78. The van der Waals surface area contributed by atoms with E-state index >= 15 is 0 Å². The molecule has 1 atom stereocenters. The van der Waals surface area contributed by atoms with Crippen LogP contribution in [0.25, 0.3) is 0 Å². The number of hydrogen-bond donors (Lipinski definition) is 1. The van der Waals surface area contributed by atoms with Gasteiger partial charge < -0.3 is 15.1 Å². The minimum atomic E-state index is -0.445. The highest BCUT2D eigenvalue weighted by Crippen LogP contribution is 2.25. The lowest BCUT2D eigenvalue weighted by Gasteiger charge is -2.23. The van der Waals surface area contributed by atoms with Gasteiger partial charge in [0.2, 0.25) is 11.8 Å². The van der Waals surface area contributed by atoms with Crippen LogP contribution in [0.5, 0.6) is 0 Å². The monoisotopic (exact) mass is 383 g/mol. The highest BCUT2D eigenvalue weighted by atomic mass is 32.1. The summed E-state index contributed by atoms with van der Waals surface area (Å²) < 4.78 is 0. The van der Waals surface area contributed by atoms with Gasteiger partial charge in [0, 0.05) is 30.9 Å².